The van der Waals surface area contributed by atoms with Gasteiger partial charge >= 0.3 is 0 Å². The first-order chi connectivity index (χ1) is 8.27. The quantitative estimate of drug-likeness (QED) is 0.224. The van der Waals surface area contributed by atoms with E-state index in [1.54, 1.807) is 0 Å². The molecule has 0 rings (SSSR count). The Bertz CT molecular complexity index is 168. The van der Waals surface area contributed by atoms with Gasteiger partial charge in [0.05, 0.1) is 0 Å². The summed E-state index contributed by atoms with van der Waals surface area (Å²) in [5.74, 6) is 3.21. The molecule has 0 fully saturated rings. The second kappa shape index (κ2) is 14.4. The van der Waals surface area contributed by atoms with Gasteiger partial charge in [0.25, 0.3) is 0 Å². The molecule has 0 heterocycles. The van der Waals surface area contributed by atoms with Gasteiger partial charge in [-0.25, -0.2) is 0 Å². The number of alkyl halides is 1. The smallest absolute Gasteiger partial charge is 0.0314 e. The van der Waals surface area contributed by atoms with Crippen LogP contribution in [0.25, 0.3) is 0 Å². The highest BCUT2D eigenvalue weighted by atomic mass is 35.5. The van der Waals surface area contributed by atoms with E-state index in [2.05, 4.69) is 13.5 Å². The van der Waals surface area contributed by atoms with Crippen LogP contribution in [0.2, 0.25) is 0 Å². The number of thioether (sulfide) groups is 1. The molecule has 0 bridgehead atoms. The zero-order valence-corrected chi connectivity index (χ0v) is 13.1. The summed E-state index contributed by atoms with van der Waals surface area (Å²) in [4.78, 5) is 0. The Morgan fingerprint density at radius 2 is 1.41 bits per heavy atom. The van der Waals surface area contributed by atoms with Crippen LogP contribution in [0.15, 0.2) is 12.2 Å². The fourth-order valence-corrected chi connectivity index (χ4v) is 2.90. The minimum atomic E-state index is 0.800. The van der Waals surface area contributed by atoms with Crippen LogP contribution in [-0.2, 0) is 0 Å². The molecule has 0 aliphatic rings. The van der Waals surface area contributed by atoms with E-state index in [1.807, 2.05) is 11.8 Å². The van der Waals surface area contributed by atoms with E-state index in [0.29, 0.717) is 0 Å². The maximum absolute atomic E-state index is 5.62. The first-order valence-corrected chi connectivity index (χ1v) is 8.74. The SMILES string of the molecule is C=C(C)CCCCCCCCCCSCCCl. The second-order valence-electron chi connectivity index (χ2n) is 4.84. The molecule has 0 radical (unpaired) electrons. The van der Waals surface area contributed by atoms with Crippen molar-refractivity contribution in [2.24, 2.45) is 0 Å². The number of hydrogen-bond acceptors (Lipinski definition) is 1. The molecule has 0 aromatic heterocycles. The summed E-state index contributed by atoms with van der Waals surface area (Å²) in [6, 6.07) is 0. The van der Waals surface area contributed by atoms with E-state index < -0.39 is 0 Å². The van der Waals surface area contributed by atoms with Crippen LogP contribution in [0.1, 0.15) is 64.7 Å². The summed E-state index contributed by atoms with van der Waals surface area (Å²) < 4.78 is 0. The predicted octanol–water partition coefficient (Wildman–Crippen LogP) is 6.05. The third-order valence-electron chi connectivity index (χ3n) is 2.86. The van der Waals surface area contributed by atoms with E-state index in [-0.39, 0.29) is 0 Å². The van der Waals surface area contributed by atoms with Gasteiger partial charge in [0.15, 0.2) is 0 Å². The summed E-state index contributed by atoms with van der Waals surface area (Å²) in [6.07, 6.45) is 12.4. The molecule has 0 atom stereocenters. The van der Waals surface area contributed by atoms with Gasteiger partial charge in [0.2, 0.25) is 0 Å². The van der Waals surface area contributed by atoms with Crippen molar-refractivity contribution < 1.29 is 0 Å². The fourth-order valence-electron chi connectivity index (χ4n) is 1.85. The van der Waals surface area contributed by atoms with E-state index in [4.69, 9.17) is 11.6 Å². The number of halogens is 1. The number of rotatable bonds is 13. The third-order valence-corrected chi connectivity index (χ3v) is 4.35. The molecule has 0 saturated carbocycles. The molecule has 102 valence electrons. The van der Waals surface area contributed by atoms with Crippen molar-refractivity contribution in [3.63, 3.8) is 0 Å². The van der Waals surface area contributed by atoms with Crippen LogP contribution >= 0.6 is 23.4 Å². The minimum Gasteiger partial charge on any atom is -0.161 e. The highest BCUT2D eigenvalue weighted by Gasteiger charge is 1.93. The van der Waals surface area contributed by atoms with Crippen LogP contribution in [-0.4, -0.2) is 17.4 Å². The lowest BCUT2D eigenvalue weighted by Crippen LogP contribution is -1.86. The Kier molecular flexibility index (Phi) is 14.8. The summed E-state index contributed by atoms with van der Waals surface area (Å²) >= 11 is 7.61. The number of allylic oxidation sites excluding steroid dienone is 1. The zero-order chi connectivity index (χ0) is 12.8. The largest absolute Gasteiger partial charge is 0.161 e. The van der Waals surface area contributed by atoms with Crippen molar-refractivity contribution in [2.45, 2.75) is 64.7 Å². The molecular weight excluding hydrogens is 248 g/mol. The lowest BCUT2D eigenvalue weighted by atomic mass is 10.1. The Labute approximate surface area is 118 Å². The topological polar surface area (TPSA) is 0 Å². The molecule has 0 N–H and O–H groups in total. The minimum absolute atomic E-state index is 0.800. The molecule has 0 aromatic rings. The average molecular weight is 277 g/mol. The lowest BCUT2D eigenvalue weighted by molar-refractivity contribution is 0.576. The van der Waals surface area contributed by atoms with E-state index in [9.17, 15) is 0 Å². The van der Waals surface area contributed by atoms with Crippen LogP contribution in [0.3, 0.4) is 0 Å². The summed E-state index contributed by atoms with van der Waals surface area (Å²) in [5, 5.41) is 0. The Hall–Kier alpha value is 0.380. The highest BCUT2D eigenvalue weighted by Crippen LogP contribution is 2.13. The van der Waals surface area contributed by atoms with Crippen LogP contribution in [0.4, 0.5) is 0 Å². The van der Waals surface area contributed by atoms with Crippen molar-refractivity contribution in [3.8, 4) is 0 Å². The molecule has 0 amide bonds. The Morgan fingerprint density at radius 1 is 0.882 bits per heavy atom. The normalized spacial score (nSPS) is 10.7. The molecule has 0 unspecified atom stereocenters. The van der Waals surface area contributed by atoms with Gasteiger partial charge in [0, 0.05) is 11.6 Å². The first-order valence-electron chi connectivity index (χ1n) is 7.05. The second-order valence-corrected chi connectivity index (χ2v) is 6.44. The van der Waals surface area contributed by atoms with Crippen LogP contribution in [0.5, 0.6) is 0 Å². The summed E-state index contributed by atoms with van der Waals surface area (Å²) in [6.45, 7) is 6.06. The molecule has 0 spiro atoms. The van der Waals surface area contributed by atoms with Gasteiger partial charge in [-0.15, -0.1) is 18.2 Å². The van der Waals surface area contributed by atoms with Gasteiger partial charge in [-0.3, -0.25) is 0 Å². The van der Waals surface area contributed by atoms with E-state index in [0.717, 1.165) is 11.6 Å². The van der Waals surface area contributed by atoms with Gasteiger partial charge in [-0.1, -0.05) is 44.1 Å². The van der Waals surface area contributed by atoms with Crippen molar-refractivity contribution in [1.82, 2.24) is 0 Å². The zero-order valence-electron chi connectivity index (χ0n) is 11.5. The van der Waals surface area contributed by atoms with E-state index >= 15 is 0 Å². The molecule has 0 nitrogen and oxygen atoms in total. The standard InChI is InChI=1S/C15H29ClS/c1-15(2)11-9-7-5-3-4-6-8-10-13-17-14-12-16/h1,3-14H2,2H3. The molecule has 0 aliphatic heterocycles. The highest BCUT2D eigenvalue weighted by molar-refractivity contribution is 7.99. The average Bonchev–Trinajstić information content (AvgIpc) is 2.30. The van der Waals surface area contributed by atoms with Crippen LogP contribution < -0.4 is 0 Å². The molecule has 0 aliphatic carbocycles. The molecule has 0 saturated heterocycles. The summed E-state index contributed by atoms with van der Waals surface area (Å²) in [5.41, 5.74) is 1.33. The number of unbranched alkanes of at least 4 members (excludes halogenated alkanes) is 7. The molecule has 2 heteroatoms. The maximum Gasteiger partial charge on any atom is 0.0314 e. The van der Waals surface area contributed by atoms with Crippen molar-refractivity contribution in [2.75, 3.05) is 17.4 Å². The van der Waals surface area contributed by atoms with Crippen molar-refractivity contribution >= 4 is 23.4 Å². The van der Waals surface area contributed by atoms with Gasteiger partial charge < -0.3 is 0 Å². The summed E-state index contributed by atoms with van der Waals surface area (Å²) in [7, 11) is 0. The molecule has 17 heavy (non-hydrogen) atoms. The monoisotopic (exact) mass is 276 g/mol. The Balaban J connectivity index is 2.91. The number of hydrogen-bond donors (Lipinski definition) is 0. The van der Waals surface area contributed by atoms with Gasteiger partial charge in [0.1, 0.15) is 0 Å². The molecule has 0 aromatic carbocycles. The Morgan fingerprint density at radius 3 is 1.94 bits per heavy atom. The third kappa shape index (κ3) is 16.4. The fraction of sp³-hybridized carbons (Fsp3) is 0.867. The van der Waals surface area contributed by atoms with Gasteiger partial charge in [-0.05, 0) is 31.9 Å². The maximum atomic E-state index is 5.62. The van der Waals surface area contributed by atoms with Gasteiger partial charge in [-0.2, -0.15) is 11.8 Å². The van der Waals surface area contributed by atoms with E-state index in [1.165, 1.54) is 69.1 Å². The van der Waals surface area contributed by atoms with Crippen molar-refractivity contribution in [1.29, 1.82) is 0 Å². The van der Waals surface area contributed by atoms with Crippen molar-refractivity contribution in [3.05, 3.63) is 12.2 Å². The van der Waals surface area contributed by atoms with Crippen LogP contribution in [0, 0.1) is 0 Å². The molecular formula is C15H29ClS. The lowest BCUT2D eigenvalue weighted by Gasteiger charge is -2.02. The predicted molar refractivity (Wildman–Crippen MR) is 84.4 cm³/mol. The first kappa shape index (κ1) is 17.4.